The van der Waals surface area contributed by atoms with Crippen LogP contribution < -0.4 is 5.43 Å². The molecule has 2 amide bonds. The number of nitrogens with one attached hydrogen (secondary N) is 1. The van der Waals surface area contributed by atoms with Crippen molar-refractivity contribution in [1.82, 2.24) is 15.5 Å². The van der Waals surface area contributed by atoms with Crippen LogP contribution in [-0.4, -0.2) is 75.0 Å². The van der Waals surface area contributed by atoms with Crippen LogP contribution in [0.3, 0.4) is 0 Å². The van der Waals surface area contributed by atoms with Gasteiger partial charge in [-0.3, -0.25) is 9.59 Å². The number of carbonyl (C=O) groups excluding carboxylic acids is 2. The van der Waals surface area contributed by atoms with Gasteiger partial charge in [0.05, 0.1) is 5.02 Å². The number of halogens is 1. The summed E-state index contributed by atoms with van der Waals surface area (Å²) >= 11 is 3.16. The maximum Gasteiger partial charge on any atom is 0.328 e. The highest BCUT2D eigenvalue weighted by Crippen LogP contribution is 2.40. The van der Waals surface area contributed by atoms with Crippen LogP contribution in [0.25, 0.3) is 11.3 Å². The molecule has 4 atom stereocenters. The third kappa shape index (κ3) is 4.47. The minimum absolute atomic E-state index is 0.0481. The molecule has 1 aliphatic rings. The van der Waals surface area contributed by atoms with Crippen molar-refractivity contribution in [1.29, 1.82) is 0 Å². The first-order chi connectivity index (χ1) is 15.9. The SMILES string of the molecule is C[C@@H]1CC(=O)N1[C@@H](C(=O)O)[C@](C)(/C=N/NC(=O)c1cc(-c2ccc(O)c(O)c2Cl)no1)S(=O)O. The molecule has 0 radical (unpaired) electrons. The normalized spacial score (nSPS) is 19.4. The molecule has 1 fully saturated rings. The first kappa shape index (κ1) is 25.1. The van der Waals surface area contributed by atoms with E-state index < -0.39 is 57.2 Å². The van der Waals surface area contributed by atoms with Crippen molar-refractivity contribution in [2.75, 3.05) is 0 Å². The van der Waals surface area contributed by atoms with Gasteiger partial charge in [0.25, 0.3) is 0 Å². The van der Waals surface area contributed by atoms with Gasteiger partial charge in [0.1, 0.15) is 10.4 Å². The number of nitrogens with zero attached hydrogens (tertiary/aromatic N) is 3. The molecule has 0 spiro atoms. The molecule has 34 heavy (non-hydrogen) atoms. The highest BCUT2D eigenvalue weighted by atomic mass is 35.5. The second kappa shape index (κ2) is 9.40. The van der Waals surface area contributed by atoms with E-state index in [0.29, 0.717) is 0 Å². The number of hydrogen-bond acceptors (Lipinski definition) is 9. The number of amides is 2. The molecule has 182 valence electrons. The third-order valence-corrected chi connectivity index (χ3v) is 6.72. The molecule has 13 nitrogen and oxygen atoms in total. The summed E-state index contributed by atoms with van der Waals surface area (Å²) in [4.78, 5) is 37.1. The van der Waals surface area contributed by atoms with Gasteiger partial charge < -0.3 is 29.3 Å². The Hall–Kier alpha value is -3.49. The van der Waals surface area contributed by atoms with E-state index in [-0.39, 0.29) is 28.5 Å². The van der Waals surface area contributed by atoms with Crippen LogP contribution in [0.1, 0.15) is 30.8 Å². The van der Waals surface area contributed by atoms with Crippen molar-refractivity contribution < 1.29 is 43.0 Å². The fourth-order valence-electron chi connectivity index (χ4n) is 3.38. The van der Waals surface area contributed by atoms with Crippen LogP contribution in [-0.2, 0) is 20.7 Å². The van der Waals surface area contributed by atoms with Crippen molar-refractivity contribution in [2.45, 2.75) is 37.1 Å². The fraction of sp³-hybridized carbons (Fsp3) is 0.316. The average Bonchev–Trinajstić information content (AvgIpc) is 3.25. The van der Waals surface area contributed by atoms with Crippen molar-refractivity contribution in [3.8, 4) is 22.8 Å². The Bertz CT molecular complexity index is 1220. The van der Waals surface area contributed by atoms with Crippen molar-refractivity contribution in [3.63, 3.8) is 0 Å². The lowest BCUT2D eigenvalue weighted by Gasteiger charge is -2.46. The van der Waals surface area contributed by atoms with Crippen LogP contribution in [0, 0.1) is 0 Å². The van der Waals surface area contributed by atoms with Crippen LogP contribution in [0.15, 0.2) is 27.8 Å². The third-order valence-electron chi connectivity index (χ3n) is 5.26. The Morgan fingerprint density at radius 2 is 2.12 bits per heavy atom. The number of carboxylic acid groups (broad SMARTS) is 1. The smallest absolute Gasteiger partial charge is 0.328 e. The molecule has 2 heterocycles. The van der Waals surface area contributed by atoms with Crippen molar-refractivity contribution in [3.05, 3.63) is 29.0 Å². The number of benzene rings is 1. The number of carbonyl (C=O) groups is 3. The Labute approximate surface area is 199 Å². The fourth-order valence-corrected chi connectivity index (χ4v) is 4.18. The van der Waals surface area contributed by atoms with Gasteiger partial charge in [0.2, 0.25) is 11.7 Å². The Balaban J connectivity index is 1.80. The molecule has 5 N–H and O–H groups in total. The zero-order valence-electron chi connectivity index (χ0n) is 17.6. The van der Waals surface area contributed by atoms with Crippen LogP contribution >= 0.6 is 11.6 Å². The standard InChI is InChI=1S/C19H19ClN4O9S/c1-8-5-13(26)24(8)16(18(29)30)19(2,34(31)32)7-21-22-17(28)12-6-10(23-33-12)9-3-4-11(25)15(27)14(9)20/h3-4,6-8,16,25,27H,5H2,1-2H3,(H,22,28)(H,29,30)(H,31,32)/b21-7+/t8-,16+,19+/m1/s1. The number of phenols is 2. The molecule has 0 bridgehead atoms. The van der Waals surface area contributed by atoms with Gasteiger partial charge in [-0.15, -0.1) is 0 Å². The zero-order chi connectivity index (χ0) is 25.4. The van der Waals surface area contributed by atoms with E-state index in [2.05, 4.69) is 10.3 Å². The number of carboxylic acids is 1. The Morgan fingerprint density at radius 3 is 2.68 bits per heavy atom. The maximum atomic E-state index is 12.4. The second-order valence-corrected chi connectivity index (χ2v) is 9.35. The summed E-state index contributed by atoms with van der Waals surface area (Å²) in [6, 6.07) is 1.48. The summed E-state index contributed by atoms with van der Waals surface area (Å²) in [5.41, 5.74) is 2.24. The van der Waals surface area contributed by atoms with E-state index >= 15 is 0 Å². The molecule has 1 aliphatic heterocycles. The van der Waals surface area contributed by atoms with E-state index in [1.54, 1.807) is 6.92 Å². The summed E-state index contributed by atoms with van der Waals surface area (Å²) in [6.45, 7) is 2.71. The lowest BCUT2D eigenvalue weighted by Crippen LogP contribution is -2.67. The number of hydrogen-bond donors (Lipinski definition) is 5. The maximum absolute atomic E-state index is 12.4. The summed E-state index contributed by atoms with van der Waals surface area (Å²) in [5, 5.41) is 35.9. The molecule has 3 rings (SSSR count). The van der Waals surface area contributed by atoms with Crippen molar-refractivity contribution >= 4 is 46.7 Å². The Kier molecular flexibility index (Phi) is 6.95. The molecule has 1 saturated heterocycles. The van der Waals surface area contributed by atoms with Crippen molar-refractivity contribution in [2.24, 2.45) is 5.10 Å². The van der Waals surface area contributed by atoms with E-state index in [0.717, 1.165) is 30.2 Å². The van der Waals surface area contributed by atoms with Gasteiger partial charge in [0, 0.05) is 30.3 Å². The summed E-state index contributed by atoms with van der Waals surface area (Å²) < 4.78 is 24.7. The highest BCUT2D eigenvalue weighted by Gasteiger charge is 2.53. The number of likely N-dealkylation sites (tertiary alicyclic amines) is 1. The molecular weight excluding hydrogens is 496 g/mol. The topological polar surface area (TPSA) is 203 Å². The summed E-state index contributed by atoms with van der Waals surface area (Å²) in [7, 11) is 0. The molecule has 1 aromatic heterocycles. The van der Waals surface area contributed by atoms with Gasteiger partial charge in [-0.25, -0.2) is 14.4 Å². The molecule has 15 heteroatoms. The van der Waals surface area contributed by atoms with Gasteiger partial charge in [0.15, 0.2) is 28.6 Å². The average molecular weight is 515 g/mol. The summed E-state index contributed by atoms with van der Waals surface area (Å²) in [6.07, 6.45) is 0.868. The Morgan fingerprint density at radius 1 is 1.44 bits per heavy atom. The van der Waals surface area contributed by atoms with Gasteiger partial charge in [-0.2, -0.15) is 5.10 Å². The lowest BCUT2D eigenvalue weighted by molar-refractivity contribution is -0.161. The molecular formula is C19H19ClN4O9S. The van der Waals surface area contributed by atoms with E-state index in [1.165, 1.54) is 6.07 Å². The number of phenolic OH excluding ortho intramolecular Hbond substituents is 2. The minimum atomic E-state index is -2.79. The van der Waals surface area contributed by atoms with E-state index in [4.69, 9.17) is 16.1 Å². The number of β-lactam (4-membered cyclic amide) rings is 1. The first-order valence-electron chi connectivity index (χ1n) is 9.55. The molecule has 0 aliphatic carbocycles. The summed E-state index contributed by atoms with van der Waals surface area (Å²) in [5.74, 6) is -4.36. The number of aliphatic carboxylic acids is 1. The highest BCUT2D eigenvalue weighted by molar-refractivity contribution is 7.81. The van der Waals surface area contributed by atoms with Crippen LogP contribution in [0.4, 0.5) is 0 Å². The second-order valence-electron chi connectivity index (χ2n) is 7.60. The van der Waals surface area contributed by atoms with Gasteiger partial charge >= 0.3 is 11.9 Å². The predicted molar refractivity (Wildman–Crippen MR) is 118 cm³/mol. The number of rotatable bonds is 8. The van der Waals surface area contributed by atoms with Crippen LogP contribution in [0.2, 0.25) is 5.02 Å². The minimum Gasteiger partial charge on any atom is -0.504 e. The number of hydrazone groups is 1. The molecule has 2 aromatic rings. The lowest BCUT2D eigenvalue weighted by atomic mass is 9.92. The van der Waals surface area contributed by atoms with Crippen LogP contribution in [0.5, 0.6) is 11.5 Å². The monoisotopic (exact) mass is 514 g/mol. The molecule has 1 aromatic carbocycles. The quantitative estimate of drug-likeness (QED) is 0.112. The number of aromatic hydroxyl groups is 2. The zero-order valence-corrected chi connectivity index (χ0v) is 19.2. The van der Waals surface area contributed by atoms with E-state index in [1.807, 2.05) is 5.43 Å². The van der Waals surface area contributed by atoms with E-state index in [9.17, 15) is 38.5 Å². The first-order valence-corrected chi connectivity index (χ1v) is 11.0. The van der Waals surface area contributed by atoms with Gasteiger partial charge in [-0.05, 0) is 26.0 Å². The number of aromatic nitrogens is 1. The van der Waals surface area contributed by atoms with Gasteiger partial charge in [-0.1, -0.05) is 16.8 Å². The largest absolute Gasteiger partial charge is 0.504 e. The molecule has 1 unspecified atom stereocenters. The predicted octanol–water partition coefficient (Wildman–Crippen LogP) is 1.18. The molecule has 0 saturated carbocycles.